The number of hydrogen-bond acceptors (Lipinski definition) is 3. The molecule has 1 N–H and O–H groups in total. The van der Waals surface area contributed by atoms with E-state index in [1.165, 1.54) is 16.7 Å². The van der Waals surface area contributed by atoms with E-state index in [0.29, 0.717) is 6.04 Å². The lowest BCUT2D eigenvalue weighted by molar-refractivity contribution is 0.186. The molecule has 1 atom stereocenters. The summed E-state index contributed by atoms with van der Waals surface area (Å²) in [6.45, 7) is 6.22. The van der Waals surface area contributed by atoms with Crippen molar-refractivity contribution in [2.45, 2.75) is 32.5 Å². The van der Waals surface area contributed by atoms with Crippen molar-refractivity contribution < 1.29 is 0 Å². The van der Waals surface area contributed by atoms with Gasteiger partial charge in [-0.3, -0.25) is 4.90 Å². The number of nitrogens with one attached hydrogen (secondary N) is 1. The summed E-state index contributed by atoms with van der Waals surface area (Å²) in [4.78, 5) is 2.54. The summed E-state index contributed by atoms with van der Waals surface area (Å²) in [7, 11) is 0. The van der Waals surface area contributed by atoms with Crippen LogP contribution < -0.4 is 5.32 Å². The molecule has 0 radical (unpaired) electrons. The van der Waals surface area contributed by atoms with Crippen LogP contribution in [0, 0.1) is 11.3 Å². The van der Waals surface area contributed by atoms with Gasteiger partial charge < -0.3 is 5.32 Å². The molecule has 0 amide bonds. The average Bonchev–Trinajstić information content (AvgIpc) is 2.61. The predicted octanol–water partition coefficient (Wildman–Crippen LogP) is 3.09. The quantitative estimate of drug-likeness (QED) is 0.922. The van der Waals surface area contributed by atoms with Crippen molar-refractivity contribution in [3.8, 4) is 6.07 Å². The summed E-state index contributed by atoms with van der Waals surface area (Å²) >= 11 is 0. The van der Waals surface area contributed by atoms with Gasteiger partial charge in [0.2, 0.25) is 0 Å². The van der Waals surface area contributed by atoms with Crippen LogP contribution in [0.4, 0.5) is 0 Å². The highest BCUT2D eigenvalue weighted by Crippen LogP contribution is 2.20. The molecule has 0 spiro atoms. The smallest absolute Gasteiger partial charge is 0.0991 e. The molecule has 1 aliphatic heterocycles. The average molecular weight is 305 g/mol. The molecule has 3 heteroatoms. The molecule has 3 rings (SSSR count). The largest absolute Gasteiger partial charge is 0.311 e. The van der Waals surface area contributed by atoms with Crippen LogP contribution in [0.5, 0.6) is 0 Å². The lowest BCUT2D eigenvalue weighted by atomic mass is 9.99. The van der Waals surface area contributed by atoms with E-state index in [4.69, 9.17) is 5.26 Å². The molecular weight excluding hydrogens is 282 g/mol. The molecule has 2 aromatic rings. The summed E-state index contributed by atoms with van der Waals surface area (Å²) in [5.74, 6) is 0. The highest BCUT2D eigenvalue weighted by Gasteiger charge is 2.19. The van der Waals surface area contributed by atoms with Gasteiger partial charge in [0.05, 0.1) is 11.6 Å². The van der Waals surface area contributed by atoms with Crippen molar-refractivity contribution in [3.63, 3.8) is 0 Å². The summed E-state index contributed by atoms with van der Waals surface area (Å²) in [6, 6.07) is 19.3. The van der Waals surface area contributed by atoms with Crippen molar-refractivity contribution in [3.05, 3.63) is 70.8 Å². The first-order chi connectivity index (χ1) is 11.3. The molecule has 118 valence electrons. The molecule has 0 aromatic heterocycles. The molecule has 0 fully saturated rings. The molecular formula is C20H23N3. The Morgan fingerprint density at radius 1 is 1.17 bits per heavy atom. The normalized spacial score (nSPS) is 15.7. The molecule has 0 aliphatic carbocycles. The second kappa shape index (κ2) is 7.41. The van der Waals surface area contributed by atoms with E-state index in [9.17, 15) is 0 Å². The van der Waals surface area contributed by atoms with Gasteiger partial charge in [0.1, 0.15) is 0 Å². The maximum absolute atomic E-state index is 8.95. The highest BCUT2D eigenvalue weighted by molar-refractivity contribution is 5.32. The van der Waals surface area contributed by atoms with Crippen molar-refractivity contribution in [2.24, 2.45) is 0 Å². The second-order valence-corrected chi connectivity index (χ2v) is 6.28. The van der Waals surface area contributed by atoms with Crippen molar-refractivity contribution in [1.29, 1.82) is 5.26 Å². The number of hydrogen-bond donors (Lipinski definition) is 1. The zero-order chi connectivity index (χ0) is 16.1. The van der Waals surface area contributed by atoms with E-state index in [1.54, 1.807) is 0 Å². The Balaban J connectivity index is 1.50. The molecule has 3 nitrogen and oxygen atoms in total. The first-order valence-electron chi connectivity index (χ1n) is 8.27. The number of fused-ring (bicyclic) bond motifs is 1. The van der Waals surface area contributed by atoms with E-state index < -0.39 is 0 Å². The summed E-state index contributed by atoms with van der Waals surface area (Å²) in [6.07, 6.45) is 1.14. The molecule has 0 saturated heterocycles. The minimum absolute atomic E-state index is 0.502. The van der Waals surface area contributed by atoms with Gasteiger partial charge in [0.15, 0.2) is 0 Å². The molecule has 2 aromatic carbocycles. The van der Waals surface area contributed by atoms with E-state index in [2.05, 4.69) is 53.5 Å². The van der Waals surface area contributed by atoms with Crippen LogP contribution in [-0.4, -0.2) is 24.0 Å². The Labute approximate surface area is 138 Å². The standard InChI is InChI=1S/C20H23N3/c1-16(13-22-14-18-6-4-5-17(11-18)12-21)23-10-9-19-7-2-3-8-20(19)15-23/h2-8,11,16,22H,9-10,13-15H2,1H3. The van der Waals surface area contributed by atoms with E-state index in [-0.39, 0.29) is 0 Å². The van der Waals surface area contributed by atoms with Crippen molar-refractivity contribution >= 4 is 0 Å². The summed E-state index contributed by atoms with van der Waals surface area (Å²) in [5.41, 5.74) is 4.86. The van der Waals surface area contributed by atoms with Crippen LogP contribution in [0.15, 0.2) is 48.5 Å². The molecule has 0 bridgehead atoms. The molecule has 0 saturated carbocycles. The topological polar surface area (TPSA) is 39.1 Å². The van der Waals surface area contributed by atoms with Gasteiger partial charge in [-0.2, -0.15) is 5.26 Å². The monoisotopic (exact) mass is 305 g/mol. The first-order valence-corrected chi connectivity index (χ1v) is 8.27. The second-order valence-electron chi connectivity index (χ2n) is 6.28. The Morgan fingerprint density at radius 3 is 2.83 bits per heavy atom. The van der Waals surface area contributed by atoms with Crippen LogP contribution in [0.1, 0.15) is 29.2 Å². The van der Waals surface area contributed by atoms with E-state index >= 15 is 0 Å². The highest BCUT2D eigenvalue weighted by atomic mass is 15.2. The Hall–Kier alpha value is -2.15. The fourth-order valence-corrected chi connectivity index (χ4v) is 3.20. The molecule has 1 aliphatic rings. The van der Waals surface area contributed by atoms with Crippen LogP contribution in [-0.2, 0) is 19.5 Å². The van der Waals surface area contributed by atoms with Gasteiger partial charge >= 0.3 is 0 Å². The Bertz CT molecular complexity index is 702. The van der Waals surface area contributed by atoms with E-state index in [1.807, 2.05) is 18.2 Å². The number of rotatable bonds is 5. The van der Waals surface area contributed by atoms with Gasteiger partial charge in [0, 0.05) is 32.2 Å². The SMILES string of the molecule is CC(CNCc1cccc(C#N)c1)N1CCc2ccccc2C1. The van der Waals surface area contributed by atoms with Crippen LogP contribution in [0.3, 0.4) is 0 Å². The van der Waals surface area contributed by atoms with E-state index in [0.717, 1.165) is 38.2 Å². The molecule has 23 heavy (non-hydrogen) atoms. The summed E-state index contributed by atoms with van der Waals surface area (Å²) < 4.78 is 0. The lowest BCUT2D eigenvalue weighted by Gasteiger charge is -2.33. The first kappa shape index (κ1) is 15.7. The maximum atomic E-state index is 8.95. The fraction of sp³-hybridized carbons (Fsp3) is 0.350. The minimum atomic E-state index is 0.502. The predicted molar refractivity (Wildman–Crippen MR) is 92.9 cm³/mol. The van der Waals surface area contributed by atoms with Crippen LogP contribution in [0.2, 0.25) is 0 Å². The minimum Gasteiger partial charge on any atom is -0.311 e. The third kappa shape index (κ3) is 3.98. The molecule has 1 unspecified atom stereocenters. The van der Waals surface area contributed by atoms with Gasteiger partial charge in [-0.15, -0.1) is 0 Å². The van der Waals surface area contributed by atoms with Gasteiger partial charge in [-0.25, -0.2) is 0 Å². The lowest BCUT2D eigenvalue weighted by Crippen LogP contribution is -2.42. The third-order valence-electron chi connectivity index (χ3n) is 4.61. The van der Waals surface area contributed by atoms with Crippen LogP contribution in [0.25, 0.3) is 0 Å². The van der Waals surface area contributed by atoms with Gasteiger partial charge in [0.25, 0.3) is 0 Å². The third-order valence-corrected chi connectivity index (χ3v) is 4.61. The van der Waals surface area contributed by atoms with Gasteiger partial charge in [-0.05, 0) is 42.2 Å². The fourth-order valence-electron chi connectivity index (χ4n) is 3.20. The zero-order valence-corrected chi connectivity index (χ0v) is 13.6. The van der Waals surface area contributed by atoms with Crippen molar-refractivity contribution in [1.82, 2.24) is 10.2 Å². The number of nitriles is 1. The number of nitrogens with zero attached hydrogens (tertiary/aromatic N) is 2. The molecule has 1 heterocycles. The van der Waals surface area contributed by atoms with Crippen molar-refractivity contribution in [2.75, 3.05) is 13.1 Å². The summed E-state index contributed by atoms with van der Waals surface area (Å²) in [5, 5.41) is 12.5. The Morgan fingerprint density at radius 2 is 2.00 bits per heavy atom. The Kier molecular flexibility index (Phi) is 5.07. The van der Waals surface area contributed by atoms with Crippen LogP contribution >= 0.6 is 0 Å². The maximum Gasteiger partial charge on any atom is 0.0991 e. The zero-order valence-electron chi connectivity index (χ0n) is 13.6. The number of benzene rings is 2. The van der Waals surface area contributed by atoms with Gasteiger partial charge in [-0.1, -0.05) is 36.4 Å².